The first-order chi connectivity index (χ1) is 19.2. The van der Waals surface area contributed by atoms with E-state index in [0.29, 0.717) is 57.1 Å². The minimum Gasteiger partial charge on any atom is -0.354 e. The summed E-state index contributed by atoms with van der Waals surface area (Å²) >= 11 is 0. The van der Waals surface area contributed by atoms with E-state index in [0.717, 1.165) is 22.5 Å². The topological polar surface area (TPSA) is 135 Å². The van der Waals surface area contributed by atoms with Gasteiger partial charge < -0.3 is 25.0 Å². The van der Waals surface area contributed by atoms with E-state index < -0.39 is 9.84 Å². The van der Waals surface area contributed by atoms with Crippen LogP contribution in [0.1, 0.15) is 0 Å². The number of piperazine rings is 1. The van der Waals surface area contributed by atoms with Crippen LogP contribution < -0.4 is 10.2 Å². The largest absolute Gasteiger partial charge is 0.354 e. The van der Waals surface area contributed by atoms with Crippen molar-refractivity contribution in [3.63, 3.8) is 0 Å². The third kappa shape index (κ3) is 6.35. The van der Waals surface area contributed by atoms with Crippen molar-refractivity contribution in [2.45, 2.75) is 0 Å². The molecule has 0 spiro atoms. The summed E-state index contributed by atoms with van der Waals surface area (Å²) < 4.78 is 23.7. The molecule has 12 nitrogen and oxygen atoms in total. The fourth-order valence-corrected chi connectivity index (χ4v) is 5.84. The van der Waals surface area contributed by atoms with E-state index in [4.69, 9.17) is 0 Å². The summed E-state index contributed by atoms with van der Waals surface area (Å²) in [6.07, 6.45) is 1.49. The maximum atomic E-state index is 12.8. The summed E-state index contributed by atoms with van der Waals surface area (Å²) in [7, 11) is 0.350. The fraction of sp³-hybridized carbons (Fsp3) is 0.407. The van der Waals surface area contributed by atoms with Crippen LogP contribution in [-0.2, 0) is 14.6 Å². The first kappa shape index (κ1) is 27.4. The Balaban J connectivity index is 1.18. The van der Waals surface area contributed by atoms with E-state index in [1.54, 1.807) is 19.0 Å². The molecule has 2 N–H and O–H groups in total. The lowest BCUT2D eigenvalue weighted by Crippen LogP contribution is -2.50. The number of amides is 3. The highest BCUT2D eigenvalue weighted by atomic mass is 32.2. The van der Waals surface area contributed by atoms with Crippen LogP contribution in [0.4, 0.5) is 16.3 Å². The van der Waals surface area contributed by atoms with Gasteiger partial charge in [0, 0.05) is 64.7 Å². The summed E-state index contributed by atoms with van der Waals surface area (Å²) in [5, 5.41) is 3.80. The van der Waals surface area contributed by atoms with Gasteiger partial charge >= 0.3 is 6.03 Å². The van der Waals surface area contributed by atoms with Gasteiger partial charge in [-0.1, -0.05) is 18.1 Å². The fourth-order valence-electron chi connectivity index (χ4n) is 4.64. The molecule has 2 aliphatic rings. The van der Waals surface area contributed by atoms with Crippen LogP contribution in [0, 0.1) is 11.8 Å². The second-order valence-corrected chi connectivity index (χ2v) is 12.4. The van der Waals surface area contributed by atoms with Crippen molar-refractivity contribution in [2.75, 3.05) is 81.6 Å². The van der Waals surface area contributed by atoms with Crippen molar-refractivity contribution < 1.29 is 18.0 Å². The number of anilines is 2. The van der Waals surface area contributed by atoms with E-state index in [2.05, 4.69) is 37.0 Å². The highest BCUT2D eigenvalue weighted by molar-refractivity contribution is 7.91. The number of sulfone groups is 1. The number of rotatable bonds is 4. The maximum Gasteiger partial charge on any atom is 0.321 e. The van der Waals surface area contributed by atoms with Crippen LogP contribution in [0.5, 0.6) is 0 Å². The number of nitrogens with zero attached hydrogens (tertiary/aromatic N) is 6. The zero-order valence-corrected chi connectivity index (χ0v) is 23.4. The van der Waals surface area contributed by atoms with Gasteiger partial charge in [0.25, 0.3) is 5.91 Å². The van der Waals surface area contributed by atoms with Gasteiger partial charge in [0.15, 0.2) is 9.84 Å². The molecule has 3 amide bonds. The molecule has 0 aliphatic carbocycles. The third-order valence-electron chi connectivity index (χ3n) is 7.06. The number of benzene rings is 1. The average Bonchev–Trinajstić information content (AvgIpc) is 3.38. The van der Waals surface area contributed by atoms with Gasteiger partial charge in [0.1, 0.15) is 17.8 Å². The van der Waals surface area contributed by atoms with Crippen LogP contribution in [0.15, 0.2) is 36.7 Å². The van der Waals surface area contributed by atoms with Crippen LogP contribution in [0.2, 0.25) is 0 Å². The van der Waals surface area contributed by atoms with E-state index in [1.807, 2.05) is 35.2 Å². The number of hydrogen-bond acceptors (Lipinski definition) is 8. The Bertz CT molecular complexity index is 1550. The van der Waals surface area contributed by atoms with Crippen molar-refractivity contribution in [1.29, 1.82) is 0 Å². The molecule has 2 saturated heterocycles. The number of carbonyl (C=O) groups excluding carboxylic acids is 2. The molecule has 40 heavy (non-hydrogen) atoms. The molecule has 0 atom stereocenters. The van der Waals surface area contributed by atoms with Gasteiger partial charge in [0.2, 0.25) is 0 Å². The first-order valence-corrected chi connectivity index (χ1v) is 14.9. The minimum absolute atomic E-state index is 0.118. The van der Waals surface area contributed by atoms with Crippen LogP contribution >= 0.6 is 0 Å². The molecule has 13 heteroatoms. The van der Waals surface area contributed by atoms with Crippen LogP contribution in [0.25, 0.3) is 22.3 Å². The standard InChI is InChI=1S/C27H32N8O4S/c1-32(2)24(36)4-3-9-33-10-12-35(13-11-33)27(37)30-21-7-5-20(6-8-21)23-18-22-25(31-23)28-19-29-26(22)34-14-16-40(38,39)17-15-34/h5-8,18-19H,9-17H2,1-2H3,(H,30,37)(H,28,29,31). The second-order valence-electron chi connectivity index (χ2n) is 10.1. The summed E-state index contributed by atoms with van der Waals surface area (Å²) in [6, 6.07) is 9.37. The Labute approximate surface area is 233 Å². The first-order valence-electron chi connectivity index (χ1n) is 13.1. The Morgan fingerprint density at radius 1 is 1.02 bits per heavy atom. The van der Waals surface area contributed by atoms with E-state index >= 15 is 0 Å². The number of aromatic nitrogens is 3. The number of aromatic amines is 1. The molecule has 1 aromatic carbocycles. The molecule has 0 unspecified atom stereocenters. The third-order valence-corrected chi connectivity index (χ3v) is 8.67. The Hall–Kier alpha value is -4.15. The molecule has 2 aliphatic heterocycles. The molecule has 3 aromatic rings. The molecule has 4 heterocycles. The maximum absolute atomic E-state index is 12.8. The van der Waals surface area contributed by atoms with Crippen molar-refractivity contribution in [3.05, 3.63) is 36.7 Å². The average molecular weight is 565 g/mol. The quantitative estimate of drug-likeness (QED) is 0.450. The number of hydrogen-bond donors (Lipinski definition) is 2. The molecule has 5 rings (SSSR count). The Morgan fingerprint density at radius 3 is 2.40 bits per heavy atom. The minimum atomic E-state index is -2.99. The van der Waals surface area contributed by atoms with E-state index in [-0.39, 0.29) is 23.4 Å². The number of fused-ring (bicyclic) bond motifs is 1. The smallest absolute Gasteiger partial charge is 0.321 e. The van der Waals surface area contributed by atoms with Crippen molar-refractivity contribution in [2.24, 2.45) is 0 Å². The van der Waals surface area contributed by atoms with Gasteiger partial charge in [0.05, 0.1) is 23.4 Å². The summed E-state index contributed by atoms with van der Waals surface area (Å²) in [4.78, 5) is 43.8. The zero-order valence-electron chi connectivity index (χ0n) is 22.6. The molecule has 210 valence electrons. The van der Waals surface area contributed by atoms with Crippen molar-refractivity contribution in [3.8, 4) is 23.1 Å². The molecule has 2 aromatic heterocycles. The summed E-state index contributed by atoms with van der Waals surface area (Å²) in [6.45, 7) is 3.85. The van der Waals surface area contributed by atoms with Gasteiger partial charge in [-0.3, -0.25) is 9.69 Å². The number of urea groups is 1. The molecular weight excluding hydrogens is 532 g/mol. The highest BCUT2D eigenvalue weighted by Crippen LogP contribution is 2.30. The Kier molecular flexibility index (Phi) is 7.90. The van der Waals surface area contributed by atoms with Gasteiger partial charge in [-0.15, -0.1) is 0 Å². The molecule has 0 saturated carbocycles. The highest BCUT2D eigenvalue weighted by Gasteiger charge is 2.25. The number of H-pyrrole nitrogens is 1. The molecular formula is C27H32N8O4S. The van der Waals surface area contributed by atoms with Crippen molar-refractivity contribution >= 4 is 44.3 Å². The summed E-state index contributed by atoms with van der Waals surface area (Å²) in [5.74, 6) is 6.25. The monoisotopic (exact) mass is 564 g/mol. The number of carbonyl (C=O) groups is 2. The normalized spacial score (nSPS) is 17.2. The van der Waals surface area contributed by atoms with Crippen LogP contribution in [-0.4, -0.2) is 121 Å². The lowest BCUT2D eigenvalue weighted by Gasteiger charge is -2.33. The van der Waals surface area contributed by atoms with E-state index in [9.17, 15) is 18.0 Å². The number of nitrogens with one attached hydrogen (secondary N) is 2. The van der Waals surface area contributed by atoms with Crippen molar-refractivity contribution in [1.82, 2.24) is 29.7 Å². The molecule has 0 bridgehead atoms. The van der Waals surface area contributed by atoms with Gasteiger partial charge in [-0.2, -0.15) is 0 Å². The lowest BCUT2D eigenvalue weighted by atomic mass is 10.1. The molecule has 0 radical (unpaired) electrons. The lowest BCUT2D eigenvalue weighted by molar-refractivity contribution is -0.122. The zero-order chi connectivity index (χ0) is 28.3. The second kappa shape index (κ2) is 11.5. The predicted molar refractivity (Wildman–Crippen MR) is 154 cm³/mol. The van der Waals surface area contributed by atoms with Gasteiger partial charge in [-0.05, 0) is 29.7 Å². The predicted octanol–water partition coefficient (Wildman–Crippen LogP) is 1.10. The SMILES string of the molecule is CN(C)C(=O)C#CCN1CCN(C(=O)Nc2ccc(-c3cc4c(N5CCS(=O)(=O)CC5)ncnc4[nH]3)cc2)CC1. The molecule has 2 fully saturated rings. The Morgan fingerprint density at radius 2 is 1.73 bits per heavy atom. The van der Waals surface area contributed by atoms with Crippen LogP contribution in [0.3, 0.4) is 0 Å². The van der Waals surface area contributed by atoms with E-state index in [1.165, 1.54) is 11.2 Å². The summed E-state index contributed by atoms with van der Waals surface area (Å²) in [5.41, 5.74) is 3.15. The van der Waals surface area contributed by atoms with Gasteiger partial charge in [-0.25, -0.2) is 23.2 Å².